The second-order valence-corrected chi connectivity index (χ2v) is 9.17. The smallest absolute Gasteiger partial charge is 0.322 e. The maximum absolute atomic E-state index is 12.6. The molecular formula is C26H35N3O6. The Labute approximate surface area is 205 Å². The molecule has 3 N–H and O–H groups in total. The highest BCUT2D eigenvalue weighted by Gasteiger charge is 2.26. The molecule has 1 fully saturated rings. The SMILES string of the molecule is Cc1oc(C(CCCC2CCCCC2)CC(=O)NOCc2ccccc2)nc1C(=O)NCC(=O)O. The van der Waals surface area contributed by atoms with Crippen LogP contribution in [0.4, 0.5) is 0 Å². The van der Waals surface area contributed by atoms with Crippen LogP contribution in [0, 0.1) is 12.8 Å². The second-order valence-electron chi connectivity index (χ2n) is 9.17. The number of nitrogens with zero attached hydrogens (tertiary/aromatic N) is 1. The third-order valence-corrected chi connectivity index (χ3v) is 6.37. The number of aryl methyl sites for hydroxylation is 1. The number of hydrogen-bond acceptors (Lipinski definition) is 6. The minimum absolute atomic E-state index is 0.0410. The third kappa shape index (κ3) is 8.83. The molecule has 0 aliphatic heterocycles. The van der Waals surface area contributed by atoms with Gasteiger partial charge in [0.1, 0.15) is 12.3 Å². The first-order chi connectivity index (χ1) is 16.9. The van der Waals surface area contributed by atoms with Gasteiger partial charge >= 0.3 is 5.97 Å². The third-order valence-electron chi connectivity index (χ3n) is 6.37. The van der Waals surface area contributed by atoms with Crippen LogP contribution >= 0.6 is 0 Å². The fraction of sp³-hybridized carbons (Fsp3) is 0.538. The molecule has 0 bridgehead atoms. The normalized spacial score (nSPS) is 14.9. The number of carbonyl (C=O) groups excluding carboxylic acids is 2. The average molecular weight is 486 g/mol. The number of carboxylic acids is 1. The number of carboxylic acid groups (broad SMARTS) is 1. The summed E-state index contributed by atoms with van der Waals surface area (Å²) in [6, 6.07) is 9.53. The van der Waals surface area contributed by atoms with Crippen molar-refractivity contribution in [2.24, 2.45) is 5.92 Å². The molecule has 0 spiro atoms. The first-order valence-corrected chi connectivity index (χ1v) is 12.3. The number of aromatic nitrogens is 1. The Balaban J connectivity index is 1.61. The van der Waals surface area contributed by atoms with Crippen molar-refractivity contribution in [2.75, 3.05) is 6.54 Å². The molecule has 1 aromatic heterocycles. The summed E-state index contributed by atoms with van der Waals surface area (Å²) in [5.74, 6) is -1.05. The highest BCUT2D eigenvalue weighted by atomic mass is 16.6. The summed E-state index contributed by atoms with van der Waals surface area (Å²) in [4.78, 5) is 45.4. The number of amides is 2. The summed E-state index contributed by atoms with van der Waals surface area (Å²) in [6.45, 7) is 1.35. The zero-order valence-electron chi connectivity index (χ0n) is 20.3. The maximum atomic E-state index is 12.6. The number of carbonyl (C=O) groups is 3. The van der Waals surface area contributed by atoms with Gasteiger partial charge in [0.15, 0.2) is 11.6 Å². The van der Waals surface area contributed by atoms with Crippen molar-refractivity contribution in [3.05, 3.63) is 53.2 Å². The van der Waals surface area contributed by atoms with Crippen LogP contribution in [0.15, 0.2) is 34.7 Å². The molecule has 2 aromatic rings. The van der Waals surface area contributed by atoms with Gasteiger partial charge in [-0.2, -0.15) is 0 Å². The summed E-state index contributed by atoms with van der Waals surface area (Å²) < 4.78 is 5.78. The van der Waals surface area contributed by atoms with E-state index in [4.69, 9.17) is 14.4 Å². The molecule has 1 aromatic carbocycles. The van der Waals surface area contributed by atoms with Crippen LogP contribution in [0.25, 0.3) is 0 Å². The number of oxazole rings is 1. The summed E-state index contributed by atoms with van der Waals surface area (Å²) in [7, 11) is 0. The van der Waals surface area contributed by atoms with Gasteiger partial charge in [0.25, 0.3) is 5.91 Å². The molecule has 2 amide bonds. The van der Waals surface area contributed by atoms with E-state index in [1.807, 2.05) is 30.3 Å². The molecule has 0 saturated heterocycles. The molecule has 9 nitrogen and oxygen atoms in total. The predicted octanol–water partition coefficient (Wildman–Crippen LogP) is 4.27. The lowest BCUT2D eigenvalue weighted by atomic mass is 9.84. The minimum Gasteiger partial charge on any atom is -0.480 e. The Kier molecular flexibility index (Phi) is 10.3. The van der Waals surface area contributed by atoms with E-state index in [9.17, 15) is 14.4 Å². The first-order valence-electron chi connectivity index (χ1n) is 12.3. The van der Waals surface area contributed by atoms with E-state index < -0.39 is 18.4 Å². The molecule has 1 unspecified atom stereocenters. The first kappa shape index (κ1) is 26.4. The van der Waals surface area contributed by atoms with Gasteiger partial charge in [-0.05, 0) is 24.8 Å². The number of rotatable bonds is 13. The van der Waals surface area contributed by atoms with Crippen LogP contribution in [0.1, 0.15) is 91.4 Å². The molecule has 190 valence electrons. The lowest BCUT2D eigenvalue weighted by Crippen LogP contribution is -2.30. The van der Waals surface area contributed by atoms with Crippen LogP contribution in [-0.4, -0.2) is 34.4 Å². The van der Waals surface area contributed by atoms with Gasteiger partial charge in [-0.25, -0.2) is 10.5 Å². The van der Waals surface area contributed by atoms with Crippen LogP contribution in [-0.2, 0) is 21.0 Å². The maximum Gasteiger partial charge on any atom is 0.322 e. The van der Waals surface area contributed by atoms with E-state index in [2.05, 4.69) is 15.8 Å². The average Bonchev–Trinajstić information content (AvgIpc) is 3.25. The monoisotopic (exact) mass is 485 g/mol. The summed E-state index contributed by atoms with van der Waals surface area (Å²) in [5.41, 5.74) is 3.48. The number of hydrogen-bond donors (Lipinski definition) is 3. The van der Waals surface area contributed by atoms with Gasteiger partial charge in [-0.3, -0.25) is 19.2 Å². The molecular weight excluding hydrogens is 450 g/mol. The Morgan fingerprint density at radius 2 is 1.91 bits per heavy atom. The van der Waals surface area contributed by atoms with Gasteiger partial charge in [-0.15, -0.1) is 0 Å². The van der Waals surface area contributed by atoms with Gasteiger partial charge in [0.2, 0.25) is 5.91 Å². The van der Waals surface area contributed by atoms with Crippen LogP contribution in [0.2, 0.25) is 0 Å². The molecule has 35 heavy (non-hydrogen) atoms. The van der Waals surface area contributed by atoms with Crippen LogP contribution in [0.5, 0.6) is 0 Å². The molecule has 0 radical (unpaired) electrons. The van der Waals surface area contributed by atoms with E-state index in [0.29, 0.717) is 18.1 Å². The molecule has 1 aliphatic carbocycles. The molecule has 1 saturated carbocycles. The quantitative estimate of drug-likeness (QED) is 0.361. The standard InChI is InChI=1S/C26H35N3O6/c1-18-24(25(33)27-16-23(31)32)28-26(35-18)21(14-8-13-19-9-4-2-5-10-19)15-22(30)29-34-17-20-11-6-3-7-12-20/h3,6-7,11-12,19,21H,2,4-5,8-10,13-17H2,1H3,(H,27,33)(H,29,30)(H,31,32). The predicted molar refractivity (Wildman–Crippen MR) is 128 cm³/mol. The fourth-order valence-corrected chi connectivity index (χ4v) is 4.52. The molecule has 1 heterocycles. The van der Waals surface area contributed by atoms with E-state index in [0.717, 1.165) is 24.3 Å². The number of aliphatic carboxylic acids is 1. The summed E-state index contributed by atoms with van der Waals surface area (Å²) in [5, 5.41) is 11.1. The van der Waals surface area contributed by atoms with Crippen molar-refractivity contribution in [1.29, 1.82) is 0 Å². The summed E-state index contributed by atoms with van der Waals surface area (Å²) >= 11 is 0. The lowest BCUT2D eigenvalue weighted by Gasteiger charge is -2.22. The molecule has 1 aliphatic rings. The van der Waals surface area contributed by atoms with E-state index in [1.54, 1.807) is 6.92 Å². The van der Waals surface area contributed by atoms with E-state index in [1.165, 1.54) is 32.1 Å². The van der Waals surface area contributed by atoms with Crippen LogP contribution in [0.3, 0.4) is 0 Å². The second kappa shape index (κ2) is 13.6. The zero-order chi connectivity index (χ0) is 25.0. The number of nitrogens with one attached hydrogen (secondary N) is 2. The van der Waals surface area contributed by atoms with E-state index >= 15 is 0 Å². The lowest BCUT2D eigenvalue weighted by molar-refractivity contribution is -0.136. The van der Waals surface area contributed by atoms with E-state index in [-0.39, 0.29) is 30.5 Å². The number of benzene rings is 1. The highest BCUT2D eigenvalue weighted by molar-refractivity contribution is 5.94. The van der Waals surface area contributed by atoms with Crippen molar-refractivity contribution in [2.45, 2.75) is 77.2 Å². The van der Waals surface area contributed by atoms with Gasteiger partial charge < -0.3 is 14.8 Å². The Morgan fingerprint density at radius 3 is 2.63 bits per heavy atom. The minimum atomic E-state index is -1.15. The summed E-state index contributed by atoms with van der Waals surface area (Å²) in [6.07, 6.45) is 9.20. The highest BCUT2D eigenvalue weighted by Crippen LogP contribution is 2.32. The largest absolute Gasteiger partial charge is 0.480 e. The topological polar surface area (TPSA) is 131 Å². The Morgan fingerprint density at radius 1 is 1.17 bits per heavy atom. The fourth-order valence-electron chi connectivity index (χ4n) is 4.52. The van der Waals surface area contributed by atoms with Crippen molar-refractivity contribution >= 4 is 17.8 Å². The van der Waals surface area contributed by atoms with Gasteiger partial charge in [0, 0.05) is 12.3 Å². The van der Waals surface area contributed by atoms with Crippen LogP contribution < -0.4 is 10.8 Å². The Hall–Kier alpha value is -3.20. The van der Waals surface area contributed by atoms with Gasteiger partial charge in [0.05, 0.1) is 6.61 Å². The van der Waals surface area contributed by atoms with Crippen molar-refractivity contribution < 1.29 is 28.7 Å². The number of hydroxylamine groups is 1. The van der Waals surface area contributed by atoms with Crippen molar-refractivity contribution in [1.82, 2.24) is 15.8 Å². The zero-order valence-corrected chi connectivity index (χ0v) is 20.3. The molecule has 1 atom stereocenters. The van der Waals surface area contributed by atoms with Gasteiger partial charge in [-0.1, -0.05) is 75.3 Å². The van der Waals surface area contributed by atoms with Crippen molar-refractivity contribution in [3.8, 4) is 0 Å². The molecule has 3 rings (SSSR count). The van der Waals surface area contributed by atoms with Crippen molar-refractivity contribution in [3.63, 3.8) is 0 Å². The Bertz CT molecular complexity index is 969. The molecule has 9 heteroatoms.